The van der Waals surface area contributed by atoms with Crippen molar-refractivity contribution < 1.29 is 27.1 Å². The largest absolute Gasteiger partial charge is 0.467 e. The number of nitrogens with one attached hydrogen (secondary N) is 1. The summed E-state index contributed by atoms with van der Waals surface area (Å²) >= 11 is 0. The lowest BCUT2D eigenvalue weighted by atomic mass is 10.2. The summed E-state index contributed by atoms with van der Waals surface area (Å²) in [5.41, 5.74) is -0.969. The Bertz CT molecular complexity index is 545. The number of halogens is 4. The Morgan fingerprint density at radius 2 is 1.79 bits per heavy atom. The highest BCUT2D eigenvalue weighted by molar-refractivity contribution is 5.47. The van der Waals surface area contributed by atoms with Gasteiger partial charge >= 0.3 is 0 Å². The van der Waals surface area contributed by atoms with E-state index in [4.69, 9.17) is 4.42 Å². The average molecular weight is 275 g/mol. The van der Waals surface area contributed by atoms with Crippen molar-refractivity contribution in [3.05, 3.63) is 53.5 Å². The monoisotopic (exact) mass is 275 g/mol. The molecule has 102 valence electrons. The molecule has 0 spiro atoms. The molecule has 0 saturated heterocycles. The van der Waals surface area contributed by atoms with Crippen molar-refractivity contribution in [1.29, 1.82) is 0 Å². The number of anilines is 1. The zero-order valence-corrected chi connectivity index (χ0v) is 9.46. The Labute approximate surface area is 105 Å². The van der Waals surface area contributed by atoms with Gasteiger partial charge in [0.05, 0.1) is 6.26 Å². The van der Waals surface area contributed by atoms with Crippen molar-refractivity contribution in [2.75, 3.05) is 11.9 Å². The first-order valence-electron chi connectivity index (χ1n) is 5.29. The minimum absolute atomic E-state index is 0.110. The lowest BCUT2D eigenvalue weighted by Crippen LogP contribution is -2.14. The van der Waals surface area contributed by atoms with E-state index in [0.717, 1.165) is 0 Å². The highest BCUT2D eigenvalue weighted by atomic mass is 19.2. The van der Waals surface area contributed by atoms with Crippen LogP contribution >= 0.6 is 0 Å². The molecule has 0 aliphatic rings. The molecule has 3 nitrogen and oxygen atoms in total. The number of benzene rings is 1. The predicted molar refractivity (Wildman–Crippen MR) is 58.4 cm³/mol. The lowest BCUT2D eigenvalue weighted by Gasteiger charge is -2.12. The predicted octanol–water partition coefficient (Wildman–Crippen LogP) is 2.98. The van der Waals surface area contributed by atoms with E-state index in [1.807, 2.05) is 0 Å². The molecule has 0 aliphatic carbocycles. The topological polar surface area (TPSA) is 45.4 Å². The summed E-state index contributed by atoms with van der Waals surface area (Å²) in [5, 5.41) is 11.7. The lowest BCUT2D eigenvalue weighted by molar-refractivity contribution is 0.162. The van der Waals surface area contributed by atoms with Crippen LogP contribution in [0.25, 0.3) is 0 Å². The molecule has 0 radical (unpaired) electrons. The van der Waals surface area contributed by atoms with E-state index in [0.29, 0.717) is 0 Å². The van der Waals surface area contributed by atoms with Crippen LogP contribution < -0.4 is 5.32 Å². The number of hydrogen-bond acceptors (Lipinski definition) is 3. The third-order valence-corrected chi connectivity index (χ3v) is 2.46. The van der Waals surface area contributed by atoms with Gasteiger partial charge in [-0.2, -0.15) is 0 Å². The van der Waals surface area contributed by atoms with E-state index in [1.165, 1.54) is 18.4 Å². The van der Waals surface area contributed by atoms with Gasteiger partial charge in [0.1, 0.15) is 17.6 Å². The van der Waals surface area contributed by atoms with Gasteiger partial charge in [0, 0.05) is 12.6 Å². The molecule has 1 heterocycles. The Hall–Kier alpha value is -2.02. The fourth-order valence-electron chi connectivity index (χ4n) is 1.51. The third-order valence-electron chi connectivity index (χ3n) is 2.46. The second kappa shape index (κ2) is 5.31. The highest BCUT2D eigenvalue weighted by Gasteiger charge is 2.20. The second-order valence-electron chi connectivity index (χ2n) is 3.76. The van der Waals surface area contributed by atoms with Crippen molar-refractivity contribution in [3.63, 3.8) is 0 Å². The summed E-state index contributed by atoms with van der Waals surface area (Å²) in [6, 6.07) is 3.07. The van der Waals surface area contributed by atoms with Crippen LogP contribution in [0.15, 0.2) is 28.9 Å². The molecule has 0 amide bonds. The quantitative estimate of drug-likeness (QED) is 0.666. The molecule has 1 aromatic heterocycles. The number of rotatable bonds is 4. The van der Waals surface area contributed by atoms with E-state index >= 15 is 0 Å². The van der Waals surface area contributed by atoms with Gasteiger partial charge in [0.15, 0.2) is 23.3 Å². The molecule has 1 atom stereocenters. The van der Waals surface area contributed by atoms with Crippen LogP contribution in [0.1, 0.15) is 11.9 Å². The maximum atomic E-state index is 13.3. The van der Waals surface area contributed by atoms with Crippen LogP contribution in [0.3, 0.4) is 0 Å². The first-order valence-corrected chi connectivity index (χ1v) is 5.29. The van der Waals surface area contributed by atoms with Crippen LogP contribution in [-0.4, -0.2) is 11.7 Å². The van der Waals surface area contributed by atoms with Crippen molar-refractivity contribution in [2.24, 2.45) is 0 Å². The number of aliphatic hydroxyl groups excluding tert-OH is 1. The minimum atomic E-state index is -1.55. The van der Waals surface area contributed by atoms with Crippen LogP contribution in [0.2, 0.25) is 0 Å². The van der Waals surface area contributed by atoms with Crippen molar-refractivity contribution in [3.8, 4) is 0 Å². The van der Waals surface area contributed by atoms with Crippen LogP contribution in [0, 0.1) is 23.3 Å². The van der Waals surface area contributed by atoms with Gasteiger partial charge in [-0.1, -0.05) is 0 Å². The van der Waals surface area contributed by atoms with Gasteiger partial charge in [-0.3, -0.25) is 0 Å². The fraction of sp³-hybridized carbons (Fsp3) is 0.167. The minimum Gasteiger partial charge on any atom is -0.467 e. The number of hydrogen-bond donors (Lipinski definition) is 2. The average Bonchev–Trinajstić information content (AvgIpc) is 2.90. The zero-order chi connectivity index (χ0) is 14.0. The van der Waals surface area contributed by atoms with E-state index in [9.17, 15) is 22.7 Å². The van der Waals surface area contributed by atoms with Gasteiger partial charge in [0.25, 0.3) is 0 Å². The van der Waals surface area contributed by atoms with E-state index in [1.54, 1.807) is 0 Å². The molecule has 19 heavy (non-hydrogen) atoms. The van der Waals surface area contributed by atoms with E-state index < -0.39 is 35.1 Å². The Kier molecular flexibility index (Phi) is 3.75. The van der Waals surface area contributed by atoms with Gasteiger partial charge < -0.3 is 14.8 Å². The molecule has 2 N–H and O–H groups in total. The summed E-state index contributed by atoms with van der Waals surface area (Å²) in [6.07, 6.45) is 0.0989. The molecule has 1 unspecified atom stereocenters. The summed E-state index contributed by atoms with van der Waals surface area (Å²) in [7, 11) is 0. The number of furan rings is 1. The van der Waals surface area contributed by atoms with Gasteiger partial charge in [-0.25, -0.2) is 17.6 Å². The van der Waals surface area contributed by atoms with Gasteiger partial charge in [-0.05, 0) is 12.1 Å². The maximum absolute atomic E-state index is 13.3. The standard InChI is InChI=1S/C12H9F4NO2/c13-6-4-7(14)11(16)12(10(6)15)17-5-8(18)9-2-1-3-19-9/h1-4,8,17-18H,5H2. The van der Waals surface area contributed by atoms with Gasteiger partial charge in [0.2, 0.25) is 0 Å². The SMILES string of the molecule is OC(CNc1c(F)c(F)cc(F)c1F)c1ccco1. The Balaban J connectivity index is 2.16. The van der Waals surface area contributed by atoms with Gasteiger partial charge in [-0.15, -0.1) is 0 Å². The third kappa shape index (κ3) is 2.70. The molecule has 0 saturated carbocycles. The van der Waals surface area contributed by atoms with Crippen LogP contribution in [-0.2, 0) is 0 Å². The van der Waals surface area contributed by atoms with Crippen molar-refractivity contribution in [1.82, 2.24) is 0 Å². The molecule has 0 aliphatic heterocycles. The second-order valence-corrected chi connectivity index (χ2v) is 3.76. The molecular formula is C12H9F4NO2. The maximum Gasteiger partial charge on any atom is 0.185 e. The summed E-state index contributed by atoms with van der Waals surface area (Å²) in [6.45, 7) is -0.371. The molecule has 2 aromatic rings. The summed E-state index contributed by atoms with van der Waals surface area (Å²) in [4.78, 5) is 0. The molecular weight excluding hydrogens is 266 g/mol. The van der Waals surface area contributed by atoms with Crippen LogP contribution in [0.5, 0.6) is 0 Å². The van der Waals surface area contributed by atoms with Crippen molar-refractivity contribution in [2.45, 2.75) is 6.10 Å². The van der Waals surface area contributed by atoms with E-state index in [2.05, 4.69) is 5.32 Å². The molecule has 7 heteroatoms. The number of aliphatic hydroxyl groups is 1. The van der Waals surface area contributed by atoms with Crippen LogP contribution in [0.4, 0.5) is 23.2 Å². The summed E-state index contributed by atoms with van der Waals surface area (Å²) < 4.78 is 57.3. The molecule has 2 rings (SSSR count). The summed E-state index contributed by atoms with van der Waals surface area (Å²) in [5.74, 6) is -5.98. The molecule has 0 fully saturated rings. The normalized spacial score (nSPS) is 12.5. The highest BCUT2D eigenvalue weighted by Crippen LogP contribution is 2.25. The zero-order valence-electron chi connectivity index (χ0n) is 9.46. The molecule has 0 bridgehead atoms. The Morgan fingerprint density at radius 3 is 2.32 bits per heavy atom. The fourth-order valence-corrected chi connectivity index (χ4v) is 1.51. The smallest absolute Gasteiger partial charge is 0.185 e. The van der Waals surface area contributed by atoms with Crippen molar-refractivity contribution >= 4 is 5.69 Å². The first-order chi connectivity index (χ1) is 9.00. The molecule has 1 aromatic carbocycles. The Morgan fingerprint density at radius 1 is 1.16 bits per heavy atom. The van der Waals surface area contributed by atoms with E-state index in [-0.39, 0.29) is 18.4 Å². The first kappa shape index (κ1) is 13.4.